The molecule has 1 aliphatic rings. The lowest BCUT2D eigenvalue weighted by atomic mass is 9.75. The largest absolute Gasteiger partial charge is 0.457 e. The van der Waals surface area contributed by atoms with Gasteiger partial charge in [0.15, 0.2) is 17.5 Å². The van der Waals surface area contributed by atoms with Crippen LogP contribution in [0.3, 0.4) is 0 Å². The van der Waals surface area contributed by atoms with Crippen molar-refractivity contribution in [2.75, 3.05) is 0 Å². The van der Waals surface area contributed by atoms with E-state index in [1.54, 1.807) is 0 Å². The van der Waals surface area contributed by atoms with Crippen molar-refractivity contribution in [2.45, 2.75) is 19.3 Å². The molecule has 0 atom stereocenters. The maximum Gasteiger partial charge on any atom is 0.164 e. The predicted octanol–water partition coefficient (Wildman–Crippen LogP) is 12.3. The van der Waals surface area contributed by atoms with Crippen LogP contribution in [0.2, 0.25) is 0 Å². The SMILES string of the molecule is CC1(C)c2ccccc2Oc2ccc3c4ccccc4n(-c4ccc5oc6cccc(-c7nc(-c8ccccc8)nc(-c8ccccc8)n7)c6c5c4)c3c21. The number of hydrogen-bond donors (Lipinski definition) is 0. The monoisotopic (exact) mass is 696 g/mol. The molecule has 0 bridgehead atoms. The van der Waals surface area contributed by atoms with Gasteiger partial charge in [-0.15, -0.1) is 0 Å². The molecule has 6 nitrogen and oxygen atoms in total. The van der Waals surface area contributed by atoms with E-state index < -0.39 is 0 Å². The Bertz CT molecular complexity index is 3050. The number of hydrogen-bond acceptors (Lipinski definition) is 5. The van der Waals surface area contributed by atoms with Crippen LogP contribution in [-0.2, 0) is 5.41 Å². The lowest BCUT2D eigenvalue weighted by Gasteiger charge is -2.35. The highest BCUT2D eigenvalue weighted by Gasteiger charge is 2.37. The van der Waals surface area contributed by atoms with Gasteiger partial charge in [0.2, 0.25) is 0 Å². The maximum absolute atomic E-state index is 6.62. The molecule has 1 aliphatic heterocycles. The molecular formula is C48H32N4O2. The van der Waals surface area contributed by atoms with Crippen molar-refractivity contribution in [1.29, 1.82) is 0 Å². The molecule has 0 saturated heterocycles. The van der Waals surface area contributed by atoms with E-state index in [0.717, 1.165) is 66.8 Å². The van der Waals surface area contributed by atoms with Gasteiger partial charge in [0.25, 0.3) is 0 Å². The van der Waals surface area contributed by atoms with Crippen LogP contribution in [0.1, 0.15) is 25.0 Å². The van der Waals surface area contributed by atoms with E-state index in [4.69, 9.17) is 24.1 Å². The van der Waals surface area contributed by atoms with Crippen molar-refractivity contribution >= 4 is 43.7 Å². The number of ether oxygens (including phenoxy) is 1. The fraction of sp³-hybridized carbons (Fsp3) is 0.0625. The number of nitrogens with zero attached hydrogens (tertiary/aromatic N) is 4. The van der Waals surface area contributed by atoms with Crippen molar-refractivity contribution in [2.24, 2.45) is 0 Å². The molecular weight excluding hydrogens is 665 g/mol. The van der Waals surface area contributed by atoms with Crippen LogP contribution in [0.25, 0.3) is 83.6 Å². The van der Waals surface area contributed by atoms with E-state index in [-0.39, 0.29) is 5.41 Å². The zero-order valence-electron chi connectivity index (χ0n) is 29.6. The quantitative estimate of drug-likeness (QED) is 0.183. The topological polar surface area (TPSA) is 66.0 Å². The Morgan fingerprint density at radius 1 is 0.519 bits per heavy atom. The summed E-state index contributed by atoms with van der Waals surface area (Å²) in [5.41, 5.74) is 9.61. The van der Waals surface area contributed by atoms with Crippen molar-refractivity contribution < 1.29 is 9.15 Å². The van der Waals surface area contributed by atoms with Crippen molar-refractivity contribution in [3.63, 3.8) is 0 Å². The minimum atomic E-state index is -0.318. The molecule has 10 aromatic rings. The van der Waals surface area contributed by atoms with Gasteiger partial charge >= 0.3 is 0 Å². The average Bonchev–Trinajstić information content (AvgIpc) is 3.76. The number of rotatable bonds is 4. The molecule has 0 saturated carbocycles. The van der Waals surface area contributed by atoms with E-state index in [1.165, 1.54) is 21.9 Å². The van der Waals surface area contributed by atoms with E-state index in [9.17, 15) is 0 Å². The molecule has 0 unspecified atom stereocenters. The molecule has 0 spiro atoms. The highest BCUT2D eigenvalue weighted by molar-refractivity contribution is 6.14. The molecule has 3 aromatic heterocycles. The van der Waals surface area contributed by atoms with Crippen LogP contribution >= 0.6 is 0 Å². The van der Waals surface area contributed by atoms with E-state index in [0.29, 0.717) is 17.5 Å². The maximum atomic E-state index is 6.62. The number of benzene rings is 7. The molecule has 11 rings (SSSR count). The Morgan fingerprint density at radius 2 is 1.20 bits per heavy atom. The third-order valence-corrected chi connectivity index (χ3v) is 10.9. The molecule has 256 valence electrons. The normalized spacial score (nSPS) is 13.3. The summed E-state index contributed by atoms with van der Waals surface area (Å²) in [4.78, 5) is 15.1. The van der Waals surface area contributed by atoms with Gasteiger partial charge in [0.1, 0.15) is 22.7 Å². The van der Waals surface area contributed by atoms with Gasteiger partial charge in [-0.1, -0.05) is 123 Å². The van der Waals surface area contributed by atoms with Gasteiger partial charge < -0.3 is 13.7 Å². The first-order valence-electron chi connectivity index (χ1n) is 18.2. The second-order valence-corrected chi connectivity index (χ2v) is 14.4. The summed E-state index contributed by atoms with van der Waals surface area (Å²) in [6.07, 6.45) is 0. The number of furan rings is 1. The van der Waals surface area contributed by atoms with Crippen LogP contribution in [0, 0.1) is 0 Å². The lowest BCUT2D eigenvalue weighted by molar-refractivity contribution is 0.420. The Kier molecular flexibility index (Phi) is 6.49. The molecule has 0 N–H and O–H groups in total. The summed E-state index contributed by atoms with van der Waals surface area (Å²) in [5.74, 6) is 3.60. The highest BCUT2D eigenvalue weighted by atomic mass is 16.5. The minimum absolute atomic E-state index is 0.318. The Morgan fingerprint density at radius 3 is 1.98 bits per heavy atom. The molecule has 0 fully saturated rings. The third-order valence-electron chi connectivity index (χ3n) is 10.9. The van der Waals surface area contributed by atoms with Crippen LogP contribution in [0.5, 0.6) is 11.5 Å². The van der Waals surface area contributed by atoms with E-state index in [1.807, 2.05) is 78.9 Å². The number of para-hydroxylation sites is 2. The summed E-state index contributed by atoms with van der Waals surface area (Å²) in [7, 11) is 0. The third kappa shape index (κ3) is 4.50. The van der Waals surface area contributed by atoms with Crippen molar-refractivity contribution in [3.8, 4) is 51.3 Å². The summed E-state index contributed by atoms with van der Waals surface area (Å²) < 4.78 is 15.6. The van der Waals surface area contributed by atoms with Gasteiger partial charge in [-0.2, -0.15) is 0 Å². The van der Waals surface area contributed by atoms with Crippen molar-refractivity contribution in [3.05, 3.63) is 169 Å². The number of aromatic nitrogens is 4. The van der Waals surface area contributed by atoms with E-state index >= 15 is 0 Å². The lowest BCUT2D eigenvalue weighted by Crippen LogP contribution is -2.25. The summed E-state index contributed by atoms with van der Waals surface area (Å²) in [6, 6.07) is 54.1. The second kappa shape index (κ2) is 11.5. The van der Waals surface area contributed by atoms with Gasteiger partial charge in [-0.3, -0.25) is 0 Å². The average molecular weight is 697 g/mol. The van der Waals surface area contributed by atoms with Gasteiger partial charge in [-0.25, -0.2) is 15.0 Å². The van der Waals surface area contributed by atoms with Gasteiger partial charge in [-0.05, 0) is 48.5 Å². The first-order valence-corrected chi connectivity index (χ1v) is 18.2. The van der Waals surface area contributed by atoms with E-state index in [2.05, 4.69) is 97.3 Å². The molecule has 0 radical (unpaired) electrons. The fourth-order valence-corrected chi connectivity index (χ4v) is 8.39. The van der Waals surface area contributed by atoms with Crippen LogP contribution in [0.4, 0.5) is 0 Å². The second-order valence-electron chi connectivity index (χ2n) is 14.4. The molecule has 0 amide bonds. The summed E-state index contributed by atoms with van der Waals surface area (Å²) >= 11 is 0. The zero-order chi connectivity index (χ0) is 36.0. The standard InChI is InChI=1S/C48H32N4O2/c1-48(2)36-20-10-12-22-39(36)54-41-27-25-33-32-18-9-11-21-37(32)52(44(33)43(41)48)31-24-26-38-35(28-31)42-34(19-13-23-40(42)53-38)47-50-45(29-14-5-3-6-15-29)49-46(51-47)30-16-7-4-8-17-30/h3-28H,1-2H3. The smallest absolute Gasteiger partial charge is 0.164 e. The zero-order valence-corrected chi connectivity index (χ0v) is 29.6. The molecule has 4 heterocycles. The number of fused-ring (bicyclic) bond motifs is 9. The molecule has 6 heteroatoms. The van der Waals surface area contributed by atoms with Crippen molar-refractivity contribution in [1.82, 2.24) is 19.5 Å². The predicted molar refractivity (Wildman–Crippen MR) is 216 cm³/mol. The van der Waals surface area contributed by atoms with Crippen LogP contribution < -0.4 is 4.74 Å². The Hall–Kier alpha value is -7.05. The van der Waals surface area contributed by atoms with Gasteiger partial charge in [0, 0.05) is 60.5 Å². The van der Waals surface area contributed by atoms with Crippen LogP contribution in [-0.4, -0.2) is 19.5 Å². The fourth-order valence-electron chi connectivity index (χ4n) is 8.39. The highest BCUT2D eigenvalue weighted by Crippen LogP contribution is 2.52. The Balaban J connectivity index is 1.18. The molecule has 54 heavy (non-hydrogen) atoms. The molecule has 0 aliphatic carbocycles. The first kappa shape index (κ1) is 30.6. The summed E-state index contributed by atoms with van der Waals surface area (Å²) in [6.45, 7) is 4.60. The van der Waals surface area contributed by atoms with Gasteiger partial charge in [0.05, 0.1) is 11.0 Å². The van der Waals surface area contributed by atoms with Crippen LogP contribution in [0.15, 0.2) is 162 Å². The Labute approximate surface area is 311 Å². The minimum Gasteiger partial charge on any atom is -0.457 e. The first-order chi connectivity index (χ1) is 26.5. The summed E-state index contributed by atoms with van der Waals surface area (Å²) in [5, 5.41) is 4.32. The molecule has 7 aromatic carbocycles.